The van der Waals surface area contributed by atoms with Crippen LogP contribution in [-0.4, -0.2) is 31.7 Å². The van der Waals surface area contributed by atoms with E-state index in [1.165, 1.54) is 24.0 Å². The Balaban J connectivity index is 2.04. The fraction of sp³-hybridized carbons (Fsp3) is 0.286. The third-order valence-electron chi connectivity index (χ3n) is 2.59. The second-order valence-corrected chi connectivity index (χ2v) is 5.93. The Kier molecular flexibility index (Phi) is 5.30. The molecule has 102 valence electrons. The van der Waals surface area contributed by atoms with Crippen LogP contribution in [0.1, 0.15) is 4.88 Å². The molecule has 0 aliphatic rings. The predicted molar refractivity (Wildman–Crippen MR) is 80.5 cm³/mol. The Hall–Kier alpha value is -0.980. The average Bonchev–Trinajstić information content (AvgIpc) is 3.08. The summed E-state index contributed by atoms with van der Waals surface area (Å²) in [6.45, 7) is 0. The van der Waals surface area contributed by atoms with Crippen LogP contribution in [0.5, 0.6) is 0 Å². The van der Waals surface area contributed by atoms with Crippen LogP contribution in [0.2, 0.25) is 0 Å². The molecule has 0 saturated carbocycles. The Morgan fingerprint density at radius 2 is 1.95 bits per heavy atom. The molecular weight excluding hydrogens is 280 g/mol. The third-order valence-corrected chi connectivity index (χ3v) is 4.71. The maximum absolute atomic E-state index is 9.83. The summed E-state index contributed by atoms with van der Waals surface area (Å²) in [4.78, 5) is 3.59. The number of ether oxygens (including phenoxy) is 2. The second-order valence-electron chi connectivity index (χ2n) is 3.87. The molecule has 0 spiro atoms. The minimum Gasteiger partial charge on any atom is -0.384 e. The van der Waals surface area contributed by atoms with E-state index in [1.54, 1.807) is 28.7 Å². The van der Waals surface area contributed by atoms with E-state index < -0.39 is 12.4 Å². The minimum absolute atomic E-state index is 0.632. The lowest BCUT2D eigenvalue weighted by molar-refractivity contribution is -0.149. The van der Waals surface area contributed by atoms with E-state index in [2.05, 4.69) is 17.5 Å². The van der Waals surface area contributed by atoms with Gasteiger partial charge in [-0.05, 0) is 35.7 Å². The molecule has 1 N–H and O–H groups in total. The molecule has 2 aromatic heterocycles. The van der Waals surface area contributed by atoms with Gasteiger partial charge in [-0.15, -0.1) is 22.7 Å². The molecule has 0 aliphatic carbocycles. The van der Waals surface area contributed by atoms with Crippen molar-refractivity contribution in [2.45, 2.75) is 12.4 Å². The summed E-state index contributed by atoms with van der Waals surface area (Å²) in [5.41, 5.74) is 0. The van der Waals surface area contributed by atoms with Gasteiger partial charge in [0, 0.05) is 28.9 Å². The molecule has 0 amide bonds. The van der Waals surface area contributed by atoms with Crippen LogP contribution in [-0.2, 0) is 9.47 Å². The summed E-state index contributed by atoms with van der Waals surface area (Å²) >= 11 is 3.41. The maximum Gasteiger partial charge on any atom is 0.186 e. The molecule has 0 aromatic carbocycles. The molecule has 2 rings (SSSR count). The molecule has 2 heterocycles. The van der Waals surface area contributed by atoms with Gasteiger partial charge in [-0.25, -0.2) is 0 Å². The summed E-state index contributed by atoms with van der Waals surface area (Å²) in [6, 6.07) is 8.27. The smallest absolute Gasteiger partial charge is 0.186 e. The van der Waals surface area contributed by atoms with Gasteiger partial charge in [-0.2, -0.15) is 0 Å². The average molecular weight is 296 g/mol. The number of hydrogen-bond acceptors (Lipinski definition) is 5. The lowest BCUT2D eigenvalue weighted by atomic mass is 10.3. The number of rotatable bonds is 6. The van der Waals surface area contributed by atoms with Gasteiger partial charge in [-0.1, -0.05) is 6.07 Å². The van der Waals surface area contributed by atoms with Crippen molar-refractivity contribution in [3.63, 3.8) is 0 Å². The molecule has 0 radical (unpaired) electrons. The first-order chi connectivity index (χ1) is 9.24. The van der Waals surface area contributed by atoms with E-state index in [1.807, 2.05) is 18.2 Å². The second kappa shape index (κ2) is 6.98. The highest BCUT2D eigenvalue weighted by Gasteiger charge is 2.14. The standard InChI is InChI=1S/C14H16O3S2/c1-16-14(17-2)11(15)7-5-10-6-8-13(19-10)12-4-3-9-18-12/h3-9,11,14-15H,1-2H3/b7-5+. The number of aliphatic hydroxyl groups is 1. The van der Waals surface area contributed by atoms with Crippen molar-refractivity contribution < 1.29 is 14.6 Å². The fourth-order valence-corrected chi connectivity index (χ4v) is 3.41. The summed E-state index contributed by atoms with van der Waals surface area (Å²) in [5, 5.41) is 11.9. The van der Waals surface area contributed by atoms with E-state index in [-0.39, 0.29) is 0 Å². The summed E-state index contributed by atoms with van der Waals surface area (Å²) in [6.07, 6.45) is 2.16. The minimum atomic E-state index is -0.776. The van der Waals surface area contributed by atoms with Crippen molar-refractivity contribution >= 4 is 28.7 Å². The molecule has 0 aliphatic heterocycles. The Morgan fingerprint density at radius 1 is 1.16 bits per heavy atom. The topological polar surface area (TPSA) is 38.7 Å². The van der Waals surface area contributed by atoms with Gasteiger partial charge < -0.3 is 14.6 Å². The Morgan fingerprint density at radius 3 is 2.58 bits per heavy atom. The zero-order chi connectivity index (χ0) is 13.7. The zero-order valence-corrected chi connectivity index (χ0v) is 12.4. The van der Waals surface area contributed by atoms with Gasteiger partial charge in [-0.3, -0.25) is 0 Å². The number of aliphatic hydroxyl groups excluding tert-OH is 1. The van der Waals surface area contributed by atoms with Crippen LogP contribution in [0.3, 0.4) is 0 Å². The summed E-state index contributed by atoms with van der Waals surface area (Å²) in [7, 11) is 3.01. The monoisotopic (exact) mass is 296 g/mol. The van der Waals surface area contributed by atoms with Crippen molar-refractivity contribution in [1.29, 1.82) is 0 Å². The van der Waals surface area contributed by atoms with Crippen molar-refractivity contribution in [2.75, 3.05) is 14.2 Å². The predicted octanol–water partition coefficient (Wildman–Crippen LogP) is 3.47. The number of hydrogen-bond donors (Lipinski definition) is 1. The largest absolute Gasteiger partial charge is 0.384 e. The highest BCUT2D eigenvalue weighted by Crippen LogP contribution is 2.32. The third kappa shape index (κ3) is 3.75. The van der Waals surface area contributed by atoms with Crippen LogP contribution in [0.4, 0.5) is 0 Å². The van der Waals surface area contributed by atoms with Crippen molar-refractivity contribution in [3.8, 4) is 9.75 Å². The zero-order valence-electron chi connectivity index (χ0n) is 10.8. The Bertz CT molecular complexity index is 513. The van der Waals surface area contributed by atoms with Gasteiger partial charge >= 0.3 is 0 Å². The van der Waals surface area contributed by atoms with Gasteiger partial charge in [0.2, 0.25) is 0 Å². The molecule has 1 atom stereocenters. The number of thiophene rings is 2. The highest BCUT2D eigenvalue weighted by molar-refractivity contribution is 7.21. The maximum atomic E-state index is 9.83. The molecule has 2 aromatic rings. The lowest BCUT2D eigenvalue weighted by Crippen LogP contribution is -2.27. The van der Waals surface area contributed by atoms with Crippen molar-refractivity contribution in [1.82, 2.24) is 0 Å². The van der Waals surface area contributed by atoms with E-state index >= 15 is 0 Å². The van der Waals surface area contributed by atoms with Crippen molar-refractivity contribution in [3.05, 3.63) is 40.6 Å². The van der Waals surface area contributed by atoms with Gasteiger partial charge in [0.05, 0.1) is 0 Å². The Labute approximate surface area is 120 Å². The van der Waals surface area contributed by atoms with Crippen LogP contribution in [0.15, 0.2) is 35.7 Å². The van der Waals surface area contributed by atoms with Gasteiger partial charge in [0.25, 0.3) is 0 Å². The highest BCUT2D eigenvalue weighted by atomic mass is 32.1. The lowest BCUT2D eigenvalue weighted by Gasteiger charge is -2.16. The molecule has 1 unspecified atom stereocenters. The first-order valence-corrected chi connectivity index (χ1v) is 7.50. The first kappa shape index (κ1) is 14.4. The van der Waals surface area contributed by atoms with Gasteiger partial charge in [0.15, 0.2) is 6.29 Å². The molecule has 0 fully saturated rings. The quantitative estimate of drug-likeness (QED) is 0.830. The normalized spacial score (nSPS) is 13.5. The summed E-state index contributed by atoms with van der Waals surface area (Å²) in [5.74, 6) is 0. The summed E-state index contributed by atoms with van der Waals surface area (Å²) < 4.78 is 9.99. The van der Waals surface area contributed by atoms with Crippen LogP contribution in [0, 0.1) is 0 Å². The molecule has 0 saturated heterocycles. The van der Waals surface area contributed by atoms with Crippen LogP contribution < -0.4 is 0 Å². The van der Waals surface area contributed by atoms with E-state index in [9.17, 15) is 5.11 Å². The van der Waals surface area contributed by atoms with E-state index in [4.69, 9.17) is 9.47 Å². The van der Waals surface area contributed by atoms with Gasteiger partial charge in [0.1, 0.15) is 6.10 Å². The number of methoxy groups -OCH3 is 2. The van der Waals surface area contributed by atoms with Crippen molar-refractivity contribution in [2.24, 2.45) is 0 Å². The molecule has 0 bridgehead atoms. The van der Waals surface area contributed by atoms with E-state index in [0.29, 0.717) is 0 Å². The molecule has 19 heavy (non-hydrogen) atoms. The molecule has 3 nitrogen and oxygen atoms in total. The molecular formula is C14H16O3S2. The molecule has 5 heteroatoms. The van der Waals surface area contributed by atoms with Crippen LogP contribution in [0.25, 0.3) is 15.8 Å². The van der Waals surface area contributed by atoms with E-state index in [0.717, 1.165) is 4.88 Å². The fourth-order valence-electron chi connectivity index (χ4n) is 1.65. The SMILES string of the molecule is COC(OC)C(O)/C=C/c1ccc(-c2cccs2)s1. The first-order valence-electron chi connectivity index (χ1n) is 5.80. The van der Waals surface area contributed by atoms with Crippen LogP contribution >= 0.6 is 22.7 Å².